The monoisotopic (exact) mass is 252 g/mol. The predicted octanol–water partition coefficient (Wildman–Crippen LogP) is 3.64. The van der Waals surface area contributed by atoms with E-state index >= 15 is 0 Å². The molecule has 0 atom stereocenters. The molecule has 1 aromatic carbocycles. The lowest BCUT2D eigenvalue weighted by molar-refractivity contribution is 0.0720. The summed E-state index contributed by atoms with van der Waals surface area (Å²) in [4.78, 5) is 0. The Hall–Kier alpha value is -1.06. The molecule has 3 nitrogen and oxygen atoms in total. The average Bonchev–Trinajstić information content (AvgIpc) is 2.67. The molecule has 0 saturated carbocycles. The van der Waals surface area contributed by atoms with Gasteiger partial charge < -0.3 is 4.74 Å². The van der Waals surface area contributed by atoms with Gasteiger partial charge in [0.15, 0.2) is 0 Å². The number of hydrogen-bond acceptors (Lipinski definition) is 2. The molecule has 0 N–H and O–H groups in total. The lowest BCUT2D eigenvalue weighted by atomic mass is 10.2. The molecule has 2 rings (SSSR count). The van der Waals surface area contributed by atoms with Crippen LogP contribution in [0.3, 0.4) is 0 Å². The van der Waals surface area contributed by atoms with Crippen molar-refractivity contribution >= 4 is 22.5 Å². The van der Waals surface area contributed by atoms with Gasteiger partial charge in [0.2, 0.25) is 0 Å². The summed E-state index contributed by atoms with van der Waals surface area (Å²) in [7, 11) is 0. The molecule has 0 aliphatic heterocycles. The molecule has 0 amide bonds. The van der Waals surface area contributed by atoms with E-state index in [4.69, 9.17) is 16.3 Å². The molecule has 0 aliphatic rings. The minimum Gasteiger partial charge on any atom is -0.359 e. The fourth-order valence-corrected chi connectivity index (χ4v) is 2.04. The fourth-order valence-electron chi connectivity index (χ4n) is 1.87. The van der Waals surface area contributed by atoms with Crippen molar-refractivity contribution in [1.82, 2.24) is 9.78 Å². The van der Waals surface area contributed by atoms with Gasteiger partial charge in [-0.25, -0.2) is 4.68 Å². The van der Waals surface area contributed by atoms with Crippen molar-refractivity contribution in [2.45, 2.75) is 33.4 Å². The zero-order valence-corrected chi connectivity index (χ0v) is 11.0. The summed E-state index contributed by atoms with van der Waals surface area (Å²) >= 11 is 6.02. The van der Waals surface area contributed by atoms with E-state index in [1.54, 1.807) is 0 Å². The maximum atomic E-state index is 6.02. The first kappa shape index (κ1) is 12.4. The van der Waals surface area contributed by atoms with Gasteiger partial charge >= 0.3 is 0 Å². The first-order chi connectivity index (χ1) is 8.26. The van der Waals surface area contributed by atoms with E-state index in [0.29, 0.717) is 6.73 Å². The van der Waals surface area contributed by atoms with Crippen LogP contribution in [0.2, 0.25) is 5.02 Å². The summed E-state index contributed by atoms with van der Waals surface area (Å²) < 4.78 is 7.44. The number of rotatable bonds is 5. The minimum absolute atomic E-state index is 0.506. The summed E-state index contributed by atoms with van der Waals surface area (Å²) in [6, 6.07) is 5.86. The summed E-state index contributed by atoms with van der Waals surface area (Å²) in [5, 5.41) is 6.43. The van der Waals surface area contributed by atoms with E-state index in [1.807, 2.05) is 22.9 Å². The van der Waals surface area contributed by atoms with Crippen LogP contribution in [0.1, 0.15) is 26.0 Å². The fraction of sp³-hybridized carbons (Fsp3) is 0.462. The lowest BCUT2D eigenvalue weighted by Gasteiger charge is -2.03. The Balaban J connectivity index is 2.35. The van der Waals surface area contributed by atoms with Crippen LogP contribution in [0.15, 0.2) is 18.2 Å². The van der Waals surface area contributed by atoms with E-state index < -0.39 is 0 Å². The lowest BCUT2D eigenvalue weighted by Crippen LogP contribution is -2.05. The third-order valence-electron chi connectivity index (χ3n) is 2.69. The Bertz CT molecular complexity index is 507. The highest BCUT2D eigenvalue weighted by molar-refractivity contribution is 6.31. The van der Waals surface area contributed by atoms with Gasteiger partial charge in [0.1, 0.15) is 6.73 Å². The molecule has 0 radical (unpaired) electrons. The molecule has 92 valence electrons. The predicted molar refractivity (Wildman–Crippen MR) is 70.4 cm³/mol. The molecular weight excluding hydrogens is 236 g/mol. The highest BCUT2D eigenvalue weighted by Crippen LogP contribution is 2.23. The number of ether oxygens (including phenoxy) is 1. The highest BCUT2D eigenvalue weighted by atomic mass is 35.5. The largest absolute Gasteiger partial charge is 0.359 e. The summed E-state index contributed by atoms with van der Waals surface area (Å²) in [5.74, 6) is 0. The van der Waals surface area contributed by atoms with Crippen LogP contribution in [0.5, 0.6) is 0 Å². The van der Waals surface area contributed by atoms with E-state index in [-0.39, 0.29) is 0 Å². The van der Waals surface area contributed by atoms with E-state index in [0.717, 1.165) is 41.1 Å². The maximum absolute atomic E-state index is 6.02. The smallest absolute Gasteiger partial charge is 0.140 e. The standard InChI is InChI=1S/C13H17ClN2O/c1-3-7-17-9-16-13-6-5-10(14)8-11(13)12(4-2)15-16/h5-6,8H,3-4,7,9H2,1-2H3. The van der Waals surface area contributed by atoms with Crippen molar-refractivity contribution in [1.29, 1.82) is 0 Å². The minimum atomic E-state index is 0.506. The van der Waals surface area contributed by atoms with Crippen molar-refractivity contribution in [3.8, 4) is 0 Å². The number of nitrogens with zero attached hydrogens (tertiary/aromatic N) is 2. The molecule has 0 spiro atoms. The Morgan fingerprint density at radius 1 is 1.35 bits per heavy atom. The van der Waals surface area contributed by atoms with Crippen molar-refractivity contribution in [2.75, 3.05) is 6.61 Å². The van der Waals surface area contributed by atoms with Gasteiger partial charge in [-0.3, -0.25) is 0 Å². The number of halogens is 1. The summed E-state index contributed by atoms with van der Waals surface area (Å²) in [6.07, 6.45) is 1.92. The van der Waals surface area contributed by atoms with Crippen LogP contribution < -0.4 is 0 Å². The van der Waals surface area contributed by atoms with Crippen LogP contribution in [0.4, 0.5) is 0 Å². The van der Waals surface area contributed by atoms with Crippen molar-refractivity contribution < 1.29 is 4.74 Å². The molecule has 0 unspecified atom stereocenters. The molecule has 17 heavy (non-hydrogen) atoms. The highest BCUT2D eigenvalue weighted by Gasteiger charge is 2.09. The molecule has 0 fully saturated rings. The van der Waals surface area contributed by atoms with E-state index in [1.165, 1.54) is 0 Å². The molecule has 0 bridgehead atoms. The quantitative estimate of drug-likeness (QED) is 0.760. The molecule has 0 saturated heterocycles. The number of benzene rings is 1. The van der Waals surface area contributed by atoms with Gasteiger partial charge in [-0.1, -0.05) is 25.4 Å². The topological polar surface area (TPSA) is 27.1 Å². The van der Waals surface area contributed by atoms with Gasteiger partial charge in [0, 0.05) is 17.0 Å². The molecule has 1 heterocycles. The van der Waals surface area contributed by atoms with Gasteiger partial charge in [-0.05, 0) is 31.0 Å². The number of aryl methyl sites for hydroxylation is 1. The second-order valence-electron chi connectivity index (χ2n) is 4.00. The van der Waals surface area contributed by atoms with Crippen LogP contribution in [-0.4, -0.2) is 16.4 Å². The maximum Gasteiger partial charge on any atom is 0.140 e. The number of hydrogen-bond donors (Lipinski definition) is 0. The second-order valence-corrected chi connectivity index (χ2v) is 4.44. The second kappa shape index (κ2) is 5.52. The zero-order chi connectivity index (χ0) is 12.3. The van der Waals surface area contributed by atoms with Crippen molar-refractivity contribution in [3.05, 3.63) is 28.9 Å². The summed E-state index contributed by atoms with van der Waals surface area (Å²) in [5.41, 5.74) is 2.16. The molecule has 4 heteroatoms. The van der Waals surface area contributed by atoms with Gasteiger partial charge in [-0.2, -0.15) is 5.10 Å². The SMILES string of the molecule is CCCOCn1nc(CC)c2cc(Cl)ccc21. The third kappa shape index (κ3) is 2.61. The Labute approximate surface area is 106 Å². The molecular formula is C13H17ClN2O. The number of aromatic nitrogens is 2. The average molecular weight is 253 g/mol. The van der Waals surface area contributed by atoms with Crippen molar-refractivity contribution in [2.24, 2.45) is 0 Å². The molecule has 0 aliphatic carbocycles. The zero-order valence-electron chi connectivity index (χ0n) is 10.2. The molecule has 2 aromatic rings. The first-order valence-electron chi connectivity index (χ1n) is 5.99. The van der Waals surface area contributed by atoms with E-state index in [9.17, 15) is 0 Å². The Kier molecular flexibility index (Phi) is 4.02. The first-order valence-corrected chi connectivity index (χ1v) is 6.36. The molecule has 1 aromatic heterocycles. The van der Waals surface area contributed by atoms with Gasteiger partial charge in [-0.15, -0.1) is 0 Å². The van der Waals surface area contributed by atoms with Crippen molar-refractivity contribution in [3.63, 3.8) is 0 Å². The van der Waals surface area contributed by atoms with Crippen LogP contribution in [0, 0.1) is 0 Å². The number of fused-ring (bicyclic) bond motifs is 1. The van der Waals surface area contributed by atoms with Crippen LogP contribution in [-0.2, 0) is 17.9 Å². The van der Waals surface area contributed by atoms with Gasteiger partial charge in [0.05, 0.1) is 11.2 Å². The van der Waals surface area contributed by atoms with E-state index in [2.05, 4.69) is 18.9 Å². The van der Waals surface area contributed by atoms with Crippen LogP contribution in [0.25, 0.3) is 10.9 Å². The van der Waals surface area contributed by atoms with Gasteiger partial charge in [0.25, 0.3) is 0 Å². The Morgan fingerprint density at radius 2 is 2.18 bits per heavy atom. The third-order valence-corrected chi connectivity index (χ3v) is 2.92. The Morgan fingerprint density at radius 3 is 2.88 bits per heavy atom. The van der Waals surface area contributed by atoms with Crippen LogP contribution >= 0.6 is 11.6 Å². The normalized spacial score (nSPS) is 11.2. The summed E-state index contributed by atoms with van der Waals surface area (Å²) in [6.45, 7) is 5.46.